The summed E-state index contributed by atoms with van der Waals surface area (Å²) in [7, 11) is 0. The summed E-state index contributed by atoms with van der Waals surface area (Å²) in [5.74, 6) is 3.88. The lowest BCUT2D eigenvalue weighted by atomic mass is 9.80. The summed E-state index contributed by atoms with van der Waals surface area (Å²) in [5, 5.41) is 8.21. The Hall–Kier alpha value is -1.01. The molecule has 1 saturated carbocycles. The molecule has 0 aromatic heterocycles. The maximum absolute atomic E-state index is 10.0. The van der Waals surface area contributed by atoms with E-state index in [9.17, 15) is 4.79 Å². The van der Waals surface area contributed by atoms with Crippen molar-refractivity contribution in [2.24, 2.45) is 11.7 Å². The molecule has 1 fully saturated rings. The van der Waals surface area contributed by atoms with E-state index in [1.807, 2.05) is 5.92 Å². The van der Waals surface area contributed by atoms with Gasteiger partial charge in [-0.1, -0.05) is 12.3 Å². The van der Waals surface area contributed by atoms with Gasteiger partial charge in [-0.2, -0.15) is 0 Å². The smallest absolute Gasteiger partial charge is 0.381 e. The molecule has 3 heteroatoms. The third-order valence-corrected chi connectivity index (χ3v) is 2.00. The zero-order chi connectivity index (χ0) is 8.27. The first-order valence-corrected chi connectivity index (χ1v) is 3.70. The molecule has 11 heavy (non-hydrogen) atoms. The standard InChI is InChI=1S/C8H11NO2/c9-7(4-5-8(10)11)6-2-1-3-6/h6-7H,1-3,9H2,(H,10,11). The fraction of sp³-hybridized carbons (Fsp3) is 0.625. The fourth-order valence-corrected chi connectivity index (χ4v) is 1.06. The molecule has 60 valence electrons. The van der Waals surface area contributed by atoms with Crippen LogP contribution in [-0.2, 0) is 4.79 Å². The Kier molecular flexibility index (Phi) is 2.50. The van der Waals surface area contributed by atoms with Crippen LogP contribution in [0.4, 0.5) is 0 Å². The zero-order valence-electron chi connectivity index (χ0n) is 6.21. The molecule has 3 nitrogen and oxygen atoms in total. The van der Waals surface area contributed by atoms with Crippen LogP contribution >= 0.6 is 0 Å². The second-order valence-electron chi connectivity index (χ2n) is 2.79. The van der Waals surface area contributed by atoms with Crippen LogP contribution in [0.1, 0.15) is 19.3 Å². The van der Waals surface area contributed by atoms with Crippen molar-refractivity contribution >= 4 is 5.97 Å². The van der Waals surface area contributed by atoms with Gasteiger partial charge in [-0.05, 0) is 18.8 Å². The molecular formula is C8H11NO2. The van der Waals surface area contributed by atoms with Crippen LogP contribution < -0.4 is 5.73 Å². The van der Waals surface area contributed by atoms with E-state index >= 15 is 0 Å². The SMILES string of the molecule is NC(C#CC(=O)O)C1CCC1. The molecule has 1 unspecified atom stereocenters. The highest BCUT2D eigenvalue weighted by Crippen LogP contribution is 2.28. The van der Waals surface area contributed by atoms with Crippen LogP contribution in [0.2, 0.25) is 0 Å². The number of nitrogens with two attached hydrogens (primary N) is 1. The number of hydrogen-bond donors (Lipinski definition) is 2. The molecule has 0 aromatic carbocycles. The first kappa shape index (κ1) is 8.09. The second-order valence-corrected chi connectivity index (χ2v) is 2.79. The molecule has 1 atom stereocenters. The van der Waals surface area contributed by atoms with Crippen LogP contribution in [-0.4, -0.2) is 17.1 Å². The Morgan fingerprint density at radius 2 is 2.27 bits per heavy atom. The van der Waals surface area contributed by atoms with E-state index in [0.717, 1.165) is 12.8 Å². The minimum absolute atomic E-state index is 0.236. The van der Waals surface area contributed by atoms with Crippen LogP contribution in [0.3, 0.4) is 0 Å². The van der Waals surface area contributed by atoms with E-state index in [2.05, 4.69) is 5.92 Å². The van der Waals surface area contributed by atoms with Gasteiger partial charge in [-0.25, -0.2) is 4.79 Å². The van der Waals surface area contributed by atoms with Gasteiger partial charge in [0.15, 0.2) is 0 Å². The second kappa shape index (κ2) is 3.40. The molecule has 0 amide bonds. The summed E-state index contributed by atoms with van der Waals surface area (Å²) in [6, 6.07) is -0.236. The summed E-state index contributed by atoms with van der Waals surface area (Å²) >= 11 is 0. The van der Waals surface area contributed by atoms with E-state index < -0.39 is 5.97 Å². The van der Waals surface area contributed by atoms with E-state index in [1.165, 1.54) is 6.42 Å². The predicted octanol–water partition coefficient (Wildman–Crippen LogP) is 0.202. The quantitative estimate of drug-likeness (QED) is 0.529. The average molecular weight is 153 g/mol. The van der Waals surface area contributed by atoms with Gasteiger partial charge in [0.05, 0.1) is 6.04 Å². The molecule has 0 heterocycles. The summed E-state index contributed by atoms with van der Waals surface area (Å²) in [6.45, 7) is 0. The van der Waals surface area contributed by atoms with Crippen LogP contribution in [0.15, 0.2) is 0 Å². The average Bonchev–Trinajstić information content (AvgIpc) is 1.79. The molecule has 0 spiro atoms. The minimum atomic E-state index is -1.10. The highest BCUT2D eigenvalue weighted by molar-refractivity contribution is 5.86. The summed E-state index contributed by atoms with van der Waals surface area (Å²) < 4.78 is 0. The van der Waals surface area contributed by atoms with Crippen LogP contribution in [0.25, 0.3) is 0 Å². The van der Waals surface area contributed by atoms with Gasteiger partial charge in [0.1, 0.15) is 0 Å². The van der Waals surface area contributed by atoms with Crippen molar-refractivity contribution in [3.8, 4) is 11.8 Å². The molecule has 1 rings (SSSR count). The number of carboxylic acids is 1. The topological polar surface area (TPSA) is 63.3 Å². The van der Waals surface area contributed by atoms with Gasteiger partial charge in [-0.3, -0.25) is 0 Å². The number of carbonyl (C=O) groups is 1. The van der Waals surface area contributed by atoms with Gasteiger partial charge in [-0.15, -0.1) is 0 Å². The Labute approximate surface area is 65.6 Å². The normalized spacial score (nSPS) is 19.4. The zero-order valence-corrected chi connectivity index (χ0v) is 6.21. The van der Waals surface area contributed by atoms with E-state index in [4.69, 9.17) is 10.8 Å². The monoisotopic (exact) mass is 153 g/mol. The number of rotatable bonds is 1. The number of carboxylic acid groups (broad SMARTS) is 1. The molecule has 3 N–H and O–H groups in total. The van der Waals surface area contributed by atoms with Crippen molar-refractivity contribution in [2.75, 3.05) is 0 Å². The highest BCUT2D eigenvalue weighted by Gasteiger charge is 2.22. The Balaban J connectivity index is 2.36. The molecule has 0 saturated heterocycles. The lowest BCUT2D eigenvalue weighted by Crippen LogP contribution is -2.33. The van der Waals surface area contributed by atoms with Crippen LogP contribution in [0.5, 0.6) is 0 Å². The fourth-order valence-electron chi connectivity index (χ4n) is 1.06. The molecule has 0 aromatic rings. The lowest BCUT2D eigenvalue weighted by Gasteiger charge is -2.27. The molecule has 1 aliphatic carbocycles. The van der Waals surface area contributed by atoms with Gasteiger partial charge in [0.25, 0.3) is 0 Å². The first-order valence-electron chi connectivity index (χ1n) is 3.70. The largest absolute Gasteiger partial charge is 0.472 e. The Morgan fingerprint density at radius 3 is 2.64 bits per heavy atom. The Bertz CT molecular complexity index is 210. The third-order valence-electron chi connectivity index (χ3n) is 2.00. The third kappa shape index (κ3) is 2.24. The first-order chi connectivity index (χ1) is 5.20. The van der Waals surface area contributed by atoms with Crippen molar-refractivity contribution in [1.82, 2.24) is 0 Å². The van der Waals surface area contributed by atoms with E-state index in [-0.39, 0.29) is 6.04 Å². The van der Waals surface area contributed by atoms with E-state index in [1.54, 1.807) is 0 Å². The van der Waals surface area contributed by atoms with Crippen molar-refractivity contribution in [3.63, 3.8) is 0 Å². The predicted molar refractivity (Wildman–Crippen MR) is 40.7 cm³/mol. The summed E-state index contributed by atoms with van der Waals surface area (Å²) in [4.78, 5) is 10.0. The molecule has 0 bridgehead atoms. The van der Waals surface area contributed by atoms with Gasteiger partial charge in [0.2, 0.25) is 0 Å². The molecule has 1 aliphatic rings. The summed E-state index contributed by atoms with van der Waals surface area (Å²) in [6.07, 6.45) is 3.39. The van der Waals surface area contributed by atoms with Crippen molar-refractivity contribution in [1.29, 1.82) is 0 Å². The summed E-state index contributed by atoms with van der Waals surface area (Å²) in [5.41, 5.74) is 5.59. The van der Waals surface area contributed by atoms with Crippen molar-refractivity contribution in [3.05, 3.63) is 0 Å². The number of aliphatic carboxylic acids is 1. The molecular weight excluding hydrogens is 142 g/mol. The van der Waals surface area contributed by atoms with Gasteiger partial charge in [0, 0.05) is 5.92 Å². The maximum atomic E-state index is 10.0. The van der Waals surface area contributed by atoms with Crippen LogP contribution in [0, 0.1) is 17.8 Å². The minimum Gasteiger partial charge on any atom is -0.472 e. The Morgan fingerprint density at radius 1 is 1.64 bits per heavy atom. The van der Waals surface area contributed by atoms with Crippen molar-refractivity contribution in [2.45, 2.75) is 25.3 Å². The van der Waals surface area contributed by atoms with Crippen molar-refractivity contribution < 1.29 is 9.90 Å². The van der Waals surface area contributed by atoms with Gasteiger partial charge < -0.3 is 10.8 Å². The van der Waals surface area contributed by atoms with E-state index in [0.29, 0.717) is 5.92 Å². The molecule has 0 aliphatic heterocycles. The van der Waals surface area contributed by atoms with Gasteiger partial charge >= 0.3 is 5.97 Å². The highest BCUT2D eigenvalue weighted by atomic mass is 16.4. The number of hydrogen-bond acceptors (Lipinski definition) is 2. The lowest BCUT2D eigenvalue weighted by molar-refractivity contribution is -0.130. The molecule has 0 radical (unpaired) electrons. The maximum Gasteiger partial charge on any atom is 0.381 e.